The number of hydrogen-bond acceptors (Lipinski definition) is 8. The number of fused-ring (bicyclic) bond motifs is 8. The van der Waals surface area contributed by atoms with Crippen molar-refractivity contribution < 1.29 is 36.7 Å². The number of nitrogens with zero attached hydrogens (tertiary/aromatic N) is 2. The minimum Gasteiger partial charge on any atom is -0.292 e. The molecule has 4 saturated carbocycles. The number of carbonyl (C=O) groups is 4. The highest BCUT2D eigenvalue weighted by Gasteiger charge is 2.56. The number of ketones is 4. The van der Waals surface area contributed by atoms with Crippen molar-refractivity contribution in [2.75, 3.05) is 0 Å². The van der Waals surface area contributed by atoms with E-state index in [1.165, 1.54) is 33.8 Å². The highest BCUT2D eigenvalue weighted by Crippen LogP contribution is 2.65. The minimum absolute atomic E-state index is 0.183. The number of hydrogen-bond donors (Lipinski definition) is 0. The fourth-order valence-electron chi connectivity index (χ4n) is 12.8. The van der Waals surface area contributed by atoms with Crippen LogP contribution in [0.2, 0.25) is 0 Å². The molecule has 354 valence electrons. The van der Waals surface area contributed by atoms with E-state index in [2.05, 4.69) is 79.7 Å². The molecule has 6 nitrogen and oxygen atoms in total. The number of alkyl halides is 4. The maximum Gasteiger partial charge on any atom is 0.188 e. The Kier molecular flexibility index (Phi) is 12.7. The molecule has 12 atom stereocenters. The van der Waals surface area contributed by atoms with Crippen LogP contribution in [0, 0.1) is 47.3 Å². The van der Waals surface area contributed by atoms with Gasteiger partial charge in [-0.05, 0) is 133 Å². The molecule has 0 spiro atoms. The molecule has 3 aromatic rings. The highest BCUT2D eigenvalue weighted by molar-refractivity contribution is 7.20. The third kappa shape index (κ3) is 7.50. The zero-order valence-electron chi connectivity index (χ0n) is 39.6. The van der Waals surface area contributed by atoms with Crippen molar-refractivity contribution in [3.63, 3.8) is 0 Å². The average Bonchev–Trinajstić information content (AvgIpc) is 4.10. The van der Waals surface area contributed by atoms with Crippen molar-refractivity contribution in [2.45, 2.75) is 168 Å². The maximum absolute atomic E-state index is 14.5. The average molecular weight is 945 g/mol. The largest absolute Gasteiger partial charge is 0.292 e. The molecule has 0 saturated heterocycles. The summed E-state index contributed by atoms with van der Waals surface area (Å²) in [5.41, 5.74) is 5.83. The standard InChI is InChI=1S/C54H64F4N2O4S2/c1-9-25(5)21-53(22-26(6)10-2)35-13-34-36(14-33(35)51-37(53)19-43(65-51)59-45-47(61)29-15-39(55)40(56)16-30(29)48(45)62)54(23-27(7)11-3,24-28(8)12-4)38-20-44(66-52(34)38)60-46-49(63)31-17-41(57)42(58)18-32(31)50(46)64/h13-14,19-20,25-32,39-42H,9-12,15-18,21-24H2,1-8H3. The van der Waals surface area contributed by atoms with E-state index in [-0.39, 0.29) is 37.1 Å². The van der Waals surface area contributed by atoms with Gasteiger partial charge in [0.2, 0.25) is 0 Å². The lowest BCUT2D eigenvalue weighted by atomic mass is 9.65. The Morgan fingerprint density at radius 2 is 0.758 bits per heavy atom. The summed E-state index contributed by atoms with van der Waals surface area (Å²) in [6.45, 7) is 18.0. The fourth-order valence-corrected chi connectivity index (χ4v) is 15.1. The first-order valence-electron chi connectivity index (χ1n) is 24.8. The normalized spacial score (nSPS) is 32.7. The number of benzene rings is 1. The minimum atomic E-state index is -1.77. The van der Waals surface area contributed by atoms with Gasteiger partial charge in [0.05, 0.1) is 0 Å². The van der Waals surface area contributed by atoms with Crippen LogP contribution in [0.5, 0.6) is 0 Å². The Bertz CT molecular complexity index is 2280. The number of halogens is 4. The van der Waals surface area contributed by atoms with Crippen LogP contribution in [-0.2, 0) is 30.0 Å². The molecule has 0 bridgehead atoms. The predicted molar refractivity (Wildman–Crippen MR) is 257 cm³/mol. The number of rotatable bonds is 14. The van der Waals surface area contributed by atoms with Gasteiger partial charge in [-0.25, -0.2) is 27.5 Å². The molecule has 0 radical (unpaired) electrons. The van der Waals surface area contributed by atoms with Crippen LogP contribution in [0.15, 0.2) is 34.3 Å². The molecule has 6 aliphatic rings. The Labute approximate surface area is 394 Å². The van der Waals surface area contributed by atoms with Crippen molar-refractivity contribution in [1.82, 2.24) is 0 Å². The van der Waals surface area contributed by atoms with E-state index < -0.39 is 82.3 Å². The Morgan fingerprint density at radius 3 is 1.02 bits per heavy atom. The van der Waals surface area contributed by atoms with Crippen LogP contribution in [0.1, 0.15) is 155 Å². The molecule has 2 aromatic heterocycles. The predicted octanol–water partition coefficient (Wildman–Crippen LogP) is 13.9. The number of thiophene rings is 2. The first-order chi connectivity index (χ1) is 31.4. The lowest BCUT2D eigenvalue weighted by molar-refractivity contribution is -0.123. The van der Waals surface area contributed by atoms with Gasteiger partial charge in [0, 0.05) is 44.3 Å². The zero-order valence-corrected chi connectivity index (χ0v) is 41.2. The summed E-state index contributed by atoms with van der Waals surface area (Å²) < 4.78 is 58.2. The highest BCUT2D eigenvalue weighted by atomic mass is 32.1. The SMILES string of the molecule is CCC(C)CC1(CC(C)CC)c2cc3c(cc2-c2sc(N=C4C(=O)C5CC(F)C(F)CC5C4=O)cc21)C(CC(C)CC)(CC(C)CC)c1cc(N=C2C(=O)C4CC(F)C(F)CC4C2=O)sc1-3. The lowest BCUT2D eigenvalue weighted by Crippen LogP contribution is -2.35. The summed E-state index contributed by atoms with van der Waals surface area (Å²) in [5, 5.41) is 1.11. The van der Waals surface area contributed by atoms with E-state index in [0.717, 1.165) is 83.4 Å². The van der Waals surface area contributed by atoms with E-state index in [9.17, 15) is 36.7 Å². The molecule has 4 fully saturated rings. The summed E-state index contributed by atoms with van der Waals surface area (Å²) in [6, 6.07) is 9.02. The molecule has 66 heavy (non-hydrogen) atoms. The van der Waals surface area contributed by atoms with Crippen molar-refractivity contribution >= 4 is 67.2 Å². The molecule has 6 aliphatic carbocycles. The maximum atomic E-state index is 14.5. The van der Waals surface area contributed by atoms with Gasteiger partial charge in [-0.3, -0.25) is 19.2 Å². The second-order valence-electron chi connectivity index (χ2n) is 21.4. The van der Waals surface area contributed by atoms with Crippen molar-refractivity contribution in [2.24, 2.45) is 57.3 Å². The van der Waals surface area contributed by atoms with Gasteiger partial charge < -0.3 is 0 Å². The number of Topliss-reactive ketones (excluding diaryl/α,β-unsaturated/α-hetero) is 4. The first-order valence-corrected chi connectivity index (χ1v) is 26.4. The van der Waals surface area contributed by atoms with Crippen molar-refractivity contribution in [3.05, 3.63) is 46.5 Å². The fraction of sp³-hybridized carbons (Fsp3) is 0.630. The summed E-state index contributed by atoms with van der Waals surface area (Å²) >= 11 is 2.99. The van der Waals surface area contributed by atoms with Gasteiger partial charge in [0.15, 0.2) is 34.6 Å². The molecule has 12 unspecified atom stereocenters. The summed E-state index contributed by atoms with van der Waals surface area (Å²) in [6.07, 6.45) is -0.922. The molecule has 12 heteroatoms. The van der Waals surface area contributed by atoms with Gasteiger partial charge >= 0.3 is 0 Å². The summed E-state index contributed by atoms with van der Waals surface area (Å²) in [7, 11) is 0. The molecule has 1 aromatic carbocycles. The monoisotopic (exact) mass is 944 g/mol. The van der Waals surface area contributed by atoms with Crippen LogP contribution < -0.4 is 0 Å². The third-order valence-corrected chi connectivity index (χ3v) is 19.2. The number of carbonyl (C=O) groups excluding carboxylic acids is 4. The lowest BCUT2D eigenvalue weighted by Gasteiger charge is -2.38. The second-order valence-corrected chi connectivity index (χ2v) is 23.5. The van der Waals surface area contributed by atoms with Crippen molar-refractivity contribution in [1.29, 1.82) is 0 Å². The van der Waals surface area contributed by atoms with Gasteiger partial charge in [0.1, 0.15) is 34.7 Å². The van der Waals surface area contributed by atoms with E-state index in [0.29, 0.717) is 33.7 Å². The smallest absolute Gasteiger partial charge is 0.188 e. The Balaban J connectivity index is 1.24. The Hall–Kier alpha value is -3.64. The quantitative estimate of drug-likeness (QED) is 0.151. The van der Waals surface area contributed by atoms with Crippen LogP contribution in [-0.4, -0.2) is 59.2 Å². The van der Waals surface area contributed by atoms with Crippen LogP contribution in [0.25, 0.3) is 20.9 Å². The Morgan fingerprint density at radius 1 is 0.485 bits per heavy atom. The topological polar surface area (TPSA) is 93.0 Å². The van der Waals surface area contributed by atoms with E-state index >= 15 is 0 Å². The molecule has 2 heterocycles. The van der Waals surface area contributed by atoms with Crippen molar-refractivity contribution in [3.8, 4) is 20.9 Å². The third-order valence-electron chi connectivity index (χ3n) is 17.1. The molecule has 0 N–H and O–H groups in total. The van der Waals surface area contributed by atoms with E-state index in [1.807, 2.05) is 0 Å². The second kappa shape index (κ2) is 17.7. The molecular weight excluding hydrogens is 881 g/mol. The molecule has 0 aliphatic heterocycles. The molecular formula is C54H64F4N2O4S2. The summed E-state index contributed by atoms with van der Waals surface area (Å²) in [4.78, 5) is 66.6. The van der Waals surface area contributed by atoms with Gasteiger partial charge in [0.25, 0.3) is 0 Å². The van der Waals surface area contributed by atoms with Crippen LogP contribution in [0.3, 0.4) is 0 Å². The zero-order chi connectivity index (χ0) is 47.3. The molecule has 0 amide bonds. The first kappa shape index (κ1) is 47.4. The van der Waals surface area contributed by atoms with Gasteiger partial charge in [-0.2, -0.15) is 0 Å². The van der Waals surface area contributed by atoms with Crippen LogP contribution in [0.4, 0.5) is 27.6 Å². The number of aliphatic imine (C=N–C) groups is 2. The van der Waals surface area contributed by atoms with Gasteiger partial charge in [-0.15, -0.1) is 22.7 Å². The summed E-state index contributed by atoms with van der Waals surface area (Å²) in [5.74, 6) is -4.03. The van der Waals surface area contributed by atoms with E-state index in [4.69, 9.17) is 9.98 Å². The molecule has 9 rings (SSSR count). The van der Waals surface area contributed by atoms with Crippen LogP contribution >= 0.6 is 22.7 Å². The van der Waals surface area contributed by atoms with Gasteiger partial charge in [-0.1, -0.05) is 81.1 Å². The van der Waals surface area contributed by atoms with E-state index in [1.54, 1.807) is 0 Å².